The number of imidazole rings is 1. The monoisotopic (exact) mass is 561 g/mol. The predicted molar refractivity (Wildman–Crippen MR) is 160 cm³/mol. The smallest absolute Gasteiger partial charge is 0.343 e. The normalized spacial score (nSPS) is 11.5. The van der Waals surface area contributed by atoms with Gasteiger partial charge < -0.3 is 9.30 Å². The number of benzene rings is 4. The van der Waals surface area contributed by atoms with Crippen molar-refractivity contribution < 1.29 is 4.74 Å². The molecule has 0 aliphatic heterocycles. The van der Waals surface area contributed by atoms with Crippen molar-refractivity contribution >= 4 is 11.6 Å². The fourth-order valence-electron chi connectivity index (χ4n) is 5.34. The Bertz CT molecular complexity index is 1750. The van der Waals surface area contributed by atoms with Gasteiger partial charge in [-0.3, -0.25) is 4.57 Å². The first kappa shape index (κ1) is 26.3. The van der Waals surface area contributed by atoms with Crippen LogP contribution in [0.25, 0.3) is 11.3 Å². The Balaban J connectivity index is 1.60. The number of nitrogens with one attached hydrogen (secondary N) is 1. The molecule has 0 unspecified atom stereocenters. The van der Waals surface area contributed by atoms with E-state index in [-0.39, 0.29) is 12.3 Å². The van der Waals surface area contributed by atoms with Crippen molar-refractivity contribution in [3.63, 3.8) is 0 Å². The highest BCUT2D eigenvalue weighted by Crippen LogP contribution is 2.45. The molecule has 7 nitrogen and oxygen atoms in total. The summed E-state index contributed by atoms with van der Waals surface area (Å²) in [6.07, 6.45) is 3.69. The van der Waals surface area contributed by atoms with Crippen molar-refractivity contribution in [1.29, 1.82) is 0 Å². The van der Waals surface area contributed by atoms with Gasteiger partial charge in [-0.25, -0.2) is 14.9 Å². The number of aromatic nitrogens is 5. The molecule has 41 heavy (non-hydrogen) atoms. The molecule has 0 atom stereocenters. The third-order valence-electron chi connectivity index (χ3n) is 7.44. The first-order chi connectivity index (χ1) is 20.0. The zero-order valence-corrected chi connectivity index (χ0v) is 23.4. The molecule has 0 aliphatic rings. The lowest BCUT2D eigenvalue weighted by Crippen LogP contribution is -2.37. The quantitative estimate of drug-likeness (QED) is 0.220. The number of hydrogen-bond acceptors (Lipinski definition) is 4. The van der Waals surface area contributed by atoms with Gasteiger partial charge in [-0.15, -0.1) is 0 Å². The van der Waals surface area contributed by atoms with Gasteiger partial charge in [0.05, 0.1) is 18.2 Å². The van der Waals surface area contributed by atoms with Gasteiger partial charge in [0.15, 0.2) is 5.82 Å². The number of H-pyrrole nitrogens is 1. The Morgan fingerprint density at radius 2 is 1.44 bits per heavy atom. The molecule has 8 heteroatoms. The van der Waals surface area contributed by atoms with Crippen LogP contribution in [0.4, 0.5) is 0 Å². The van der Waals surface area contributed by atoms with Crippen molar-refractivity contribution in [2.75, 3.05) is 0 Å². The molecule has 4 aromatic carbocycles. The van der Waals surface area contributed by atoms with E-state index in [1.165, 1.54) is 4.57 Å². The number of halogens is 1. The van der Waals surface area contributed by atoms with E-state index < -0.39 is 5.54 Å². The fourth-order valence-corrected chi connectivity index (χ4v) is 5.51. The number of hydrogen-bond donors (Lipinski definition) is 1. The lowest BCUT2D eigenvalue weighted by Gasteiger charge is -2.38. The third kappa shape index (κ3) is 4.64. The summed E-state index contributed by atoms with van der Waals surface area (Å²) >= 11 is 6.72. The zero-order chi connectivity index (χ0) is 28.4. The highest BCUT2D eigenvalue weighted by atomic mass is 35.5. The van der Waals surface area contributed by atoms with Gasteiger partial charge in [0, 0.05) is 17.6 Å². The van der Waals surface area contributed by atoms with Crippen LogP contribution in [-0.4, -0.2) is 24.3 Å². The lowest BCUT2D eigenvalue weighted by atomic mass is 9.76. The number of ether oxygens (including phenoxy) is 1. The number of aromatic amines is 1. The summed E-state index contributed by atoms with van der Waals surface area (Å²) in [5, 5.41) is 7.17. The third-order valence-corrected chi connectivity index (χ3v) is 7.85. The van der Waals surface area contributed by atoms with Gasteiger partial charge in [-0.05, 0) is 41.3 Å². The molecule has 6 aromatic rings. The topological polar surface area (TPSA) is 77.7 Å². The minimum Gasteiger partial charge on any atom is -0.485 e. The SMILES string of the molecule is Cc1cc(OCc2n[nH]c(=O)n2C)c(-c2cncn2C(c2ccccc2)(c2ccccc2)c2ccccc2)cc1Cl. The van der Waals surface area contributed by atoms with Gasteiger partial charge >= 0.3 is 5.69 Å². The second kappa shape index (κ2) is 10.9. The second-order valence-electron chi connectivity index (χ2n) is 9.85. The Kier molecular flexibility index (Phi) is 7.03. The van der Waals surface area contributed by atoms with Crippen LogP contribution < -0.4 is 10.4 Å². The van der Waals surface area contributed by atoms with Gasteiger partial charge in [-0.2, -0.15) is 5.10 Å². The molecule has 0 bridgehead atoms. The molecule has 0 radical (unpaired) electrons. The predicted octanol–water partition coefficient (Wildman–Crippen LogP) is 6.35. The standard InChI is InChI=1S/C33H28ClN5O2/c1-23-18-30(41-21-31-36-37-32(40)38(31)2)27(19-28(23)34)29-20-35-22-39(29)33(24-12-6-3-7-13-24,25-14-8-4-9-15-25)26-16-10-5-11-17-26/h3-20,22H,21H2,1-2H3,(H,37,40). The summed E-state index contributed by atoms with van der Waals surface area (Å²) in [7, 11) is 1.65. The minimum atomic E-state index is -0.768. The Morgan fingerprint density at radius 3 is 1.95 bits per heavy atom. The first-order valence-corrected chi connectivity index (χ1v) is 13.6. The summed E-state index contributed by atoms with van der Waals surface area (Å²) in [5.74, 6) is 1.08. The second-order valence-corrected chi connectivity index (χ2v) is 10.3. The molecule has 0 amide bonds. The van der Waals surface area contributed by atoms with Crippen molar-refractivity contribution in [3.05, 3.63) is 159 Å². The molecule has 0 saturated carbocycles. The molecule has 1 N–H and O–H groups in total. The summed E-state index contributed by atoms with van der Waals surface area (Å²) in [4.78, 5) is 16.6. The van der Waals surface area contributed by atoms with Gasteiger partial charge in [-0.1, -0.05) is 103 Å². The average molecular weight is 562 g/mol. The van der Waals surface area contributed by atoms with E-state index in [1.807, 2.05) is 49.8 Å². The van der Waals surface area contributed by atoms with Crippen molar-refractivity contribution in [2.45, 2.75) is 19.1 Å². The molecule has 0 saturated heterocycles. The van der Waals surface area contributed by atoms with Gasteiger partial charge in [0.2, 0.25) is 0 Å². The van der Waals surface area contributed by atoms with Crippen LogP contribution in [0.2, 0.25) is 5.02 Å². The van der Waals surface area contributed by atoms with E-state index in [9.17, 15) is 4.79 Å². The van der Waals surface area contributed by atoms with Crippen molar-refractivity contribution in [2.24, 2.45) is 7.05 Å². The fraction of sp³-hybridized carbons (Fsp3) is 0.121. The molecule has 0 aliphatic carbocycles. The zero-order valence-electron chi connectivity index (χ0n) is 22.7. The maximum atomic E-state index is 11.9. The van der Waals surface area contributed by atoms with E-state index in [4.69, 9.17) is 16.3 Å². The number of rotatable bonds is 8. The van der Waals surface area contributed by atoms with E-state index in [1.54, 1.807) is 7.05 Å². The van der Waals surface area contributed by atoms with Gasteiger partial charge in [0.1, 0.15) is 17.9 Å². The van der Waals surface area contributed by atoms with Crippen LogP contribution in [0.15, 0.2) is 120 Å². The number of aryl methyl sites for hydroxylation is 1. The molecule has 204 valence electrons. The molecule has 0 fully saturated rings. The summed E-state index contributed by atoms with van der Waals surface area (Å²) in [6, 6.07) is 35.0. The molecule has 0 spiro atoms. The van der Waals surface area contributed by atoms with E-state index >= 15 is 0 Å². The largest absolute Gasteiger partial charge is 0.485 e. The van der Waals surface area contributed by atoms with Crippen LogP contribution in [0, 0.1) is 6.92 Å². The first-order valence-electron chi connectivity index (χ1n) is 13.2. The molecule has 2 aromatic heterocycles. The average Bonchev–Trinajstić information content (AvgIpc) is 3.62. The minimum absolute atomic E-state index is 0.0959. The summed E-state index contributed by atoms with van der Waals surface area (Å²) in [5.41, 5.74) is 4.60. The van der Waals surface area contributed by atoms with E-state index in [2.05, 4.69) is 92.5 Å². The van der Waals surface area contributed by atoms with Crippen LogP contribution in [0.3, 0.4) is 0 Å². The Labute approximate surface area is 242 Å². The number of nitrogens with zero attached hydrogens (tertiary/aromatic N) is 4. The Morgan fingerprint density at radius 1 is 0.878 bits per heavy atom. The molecular formula is C33H28ClN5O2. The highest BCUT2D eigenvalue weighted by molar-refractivity contribution is 6.31. The van der Waals surface area contributed by atoms with E-state index in [0.717, 1.165) is 33.5 Å². The van der Waals surface area contributed by atoms with Crippen LogP contribution in [-0.2, 0) is 19.2 Å². The Hall–Kier alpha value is -4.88. The highest BCUT2D eigenvalue weighted by Gasteiger charge is 2.40. The van der Waals surface area contributed by atoms with Crippen molar-refractivity contribution in [3.8, 4) is 17.0 Å². The summed E-state index contributed by atoms with van der Waals surface area (Å²) < 4.78 is 9.93. The summed E-state index contributed by atoms with van der Waals surface area (Å²) in [6.45, 7) is 2.03. The van der Waals surface area contributed by atoms with Crippen LogP contribution >= 0.6 is 11.6 Å². The van der Waals surface area contributed by atoms with E-state index in [0.29, 0.717) is 16.6 Å². The van der Waals surface area contributed by atoms with Crippen LogP contribution in [0.5, 0.6) is 5.75 Å². The molecule has 6 rings (SSSR count). The molecular weight excluding hydrogens is 534 g/mol. The molecule has 2 heterocycles. The van der Waals surface area contributed by atoms with Gasteiger partial charge in [0.25, 0.3) is 0 Å². The lowest BCUT2D eigenvalue weighted by molar-refractivity contribution is 0.291. The maximum Gasteiger partial charge on any atom is 0.343 e. The maximum absolute atomic E-state index is 11.9. The van der Waals surface area contributed by atoms with Crippen LogP contribution in [0.1, 0.15) is 28.1 Å². The van der Waals surface area contributed by atoms with Crippen molar-refractivity contribution in [1.82, 2.24) is 24.3 Å².